The Bertz CT molecular complexity index is 85.9. The van der Waals surface area contributed by atoms with Crippen LogP contribution in [-0.4, -0.2) is 15.4 Å². The van der Waals surface area contributed by atoms with Crippen LogP contribution in [0, 0.1) is 5.92 Å². The minimum Gasteiger partial charge on any atom is -0.127 e. The number of halogens is 1. The van der Waals surface area contributed by atoms with Gasteiger partial charge < -0.3 is 0 Å². The van der Waals surface area contributed by atoms with Crippen LogP contribution >= 0.6 is 11.6 Å². The molecule has 0 saturated carbocycles. The molecule has 0 aromatic heterocycles. The van der Waals surface area contributed by atoms with E-state index < -0.39 is 0 Å². The van der Waals surface area contributed by atoms with E-state index in [2.05, 4.69) is 13.8 Å². The first-order chi connectivity index (χ1) is 5.85. The quantitative estimate of drug-likeness (QED) is 0.324. The largest absolute Gasteiger partial charge is 0.127 e. The van der Waals surface area contributed by atoms with E-state index in [4.69, 9.17) is 11.6 Å². The summed E-state index contributed by atoms with van der Waals surface area (Å²) in [6.45, 7) is 4.62. The highest BCUT2D eigenvalue weighted by molar-refractivity contribution is 6.35. The molecule has 0 saturated heterocycles. The van der Waals surface area contributed by atoms with Gasteiger partial charge in [-0.15, -0.1) is 11.6 Å². The van der Waals surface area contributed by atoms with E-state index in [0.717, 1.165) is 11.8 Å². The zero-order chi connectivity index (χ0) is 9.23. The van der Waals surface area contributed by atoms with Crippen LogP contribution in [-0.2, 0) is 0 Å². The summed E-state index contributed by atoms with van der Waals surface area (Å²) in [5.74, 6) is 1.91. The molecule has 0 aromatic rings. The molecule has 1 unspecified atom stereocenters. The Kier molecular flexibility index (Phi) is 10.00. The maximum atomic E-state index is 5.63. The monoisotopic (exact) mass is 206 g/mol. The molecule has 12 heavy (non-hydrogen) atoms. The smallest absolute Gasteiger partial charge is 0.0220 e. The lowest BCUT2D eigenvalue weighted by Gasteiger charge is -2.12. The maximum Gasteiger partial charge on any atom is 0.0220 e. The molecule has 0 bridgehead atoms. The van der Waals surface area contributed by atoms with Crippen molar-refractivity contribution >= 4 is 21.1 Å². The second-order valence-corrected chi connectivity index (χ2v) is 5.97. The number of alkyl halides is 1. The second-order valence-electron chi connectivity index (χ2n) is 3.60. The molecule has 0 nitrogen and oxygen atoms in total. The molecule has 0 aromatic carbocycles. The normalized spacial score (nSPS) is 14.2. The summed E-state index contributed by atoms with van der Waals surface area (Å²) < 4.78 is 0. The molecule has 0 rings (SSSR count). The first-order valence-electron chi connectivity index (χ1n) is 5.41. The summed E-state index contributed by atoms with van der Waals surface area (Å²) in [5, 5.41) is 0. The third kappa shape index (κ3) is 7.17. The van der Waals surface area contributed by atoms with Crippen molar-refractivity contribution < 1.29 is 0 Å². The number of hydrogen-bond donors (Lipinski definition) is 0. The molecule has 0 amide bonds. The van der Waals surface area contributed by atoms with E-state index >= 15 is 0 Å². The van der Waals surface area contributed by atoms with Crippen molar-refractivity contribution in [1.82, 2.24) is 0 Å². The number of rotatable bonds is 8. The van der Waals surface area contributed by atoms with Crippen LogP contribution in [0.5, 0.6) is 0 Å². The van der Waals surface area contributed by atoms with Crippen molar-refractivity contribution in [2.75, 3.05) is 5.88 Å². The predicted octanol–water partition coefficient (Wildman–Crippen LogP) is 3.45. The standard InChI is InChI=1S/C10H23ClSi/c1-3-6-10(4-2)9-12-8-5-7-11/h10H,3-9,12H2,1-2H3. The molecule has 0 radical (unpaired) electrons. The summed E-state index contributed by atoms with van der Waals surface area (Å²) in [7, 11) is 0.237. The highest BCUT2D eigenvalue weighted by atomic mass is 35.5. The van der Waals surface area contributed by atoms with Crippen molar-refractivity contribution in [2.24, 2.45) is 5.92 Å². The summed E-state index contributed by atoms with van der Waals surface area (Å²) in [5.41, 5.74) is 0. The van der Waals surface area contributed by atoms with Gasteiger partial charge in [0.2, 0.25) is 0 Å². The lowest BCUT2D eigenvalue weighted by molar-refractivity contribution is 0.506. The van der Waals surface area contributed by atoms with Gasteiger partial charge in [-0.1, -0.05) is 45.2 Å². The Morgan fingerprint density at radius 1 is 1.33 bits per heavy atom. The highest BCUT2D eigenvalue weighted by Gasteiger charge is 2.03. The molecule has 0 aliphatic carbocycles. The van der Waals surface area contributed by atoms with Crippen LogP contribution < -0.4 is 0 Å². The van der Waals surface area contributed by atoms with Crippen LogP contribution in [0.3, 0.4) is 0 Å². The van der Waals surface area contributed by atoms with Gasteiger partial charge in [0, 0.05) is 15.4 Å². The molecule has 0 spiro atoms. The molecule has 74 valence electrons. The average Bonchev–Trinajstić information content (AvgIpc) is 2.10. The molecule has 0 aliphatic rings. The van der Waals surface area contributed by atoms with Gasteiger partial charge in [0.1, 0.15) is 0 Å². The predicted molar refractivity (Wildman–Crippen MR) is 62.2 cm³/mol. The Hall–Kier alpha value is 0.507. The zero-order valence-electron chi connectivity index (χ0n) is 8.61. The van der Waals surface area contributed by atoms with Crippen molar-refractivity contribution in [3.05, 3.63) is 0 Å². The lowest BCUT2D eigenvalue weighted by Crippen LogP contribution is -2.02. The van der Waals surface area contributed by atoms with E-state index in [9.17, 15) is 0 Å². The van der Waals surface area contributed by atoms with Gasteiger partial charge in [0.05, 0.1) is 0 Å². The third-order valence-corrected chi connectivity index (χ3v) is 5.01. The fraction of sp³-hybridized carbons (Fsp3) is 1.00. The van der Waals surface area contributed by atoms with E-state index in [1.807, 2.05) is 0 Å². The lowest BCUT2D eigenvalue weighted by atomic mass is 10.0. The minimum atomic E-state index is 0.237. The Balaban J connectivity index is 3.19. The summed E-state index contributed by atoms with van der Waals surface area (Å²) >= 11 is 5.63. The first kappa shape index (κ1) is 12.5. The van der Waals surface area contributed by atoms with Crippen molar-refractivity contribution in [1.29, 1.82) is 0 Å². The highest BCUT2D eigenvalue weighted by Crippen LogP contribution is 2.16. The second kappa shape index (κ2) is 9.59. The third-order valence-electron chi connectivity index (χ3n) is 2.52. The van der Waals surface area contributed by atoms with Crippen LogP contribution in [0.25, 0.3) is 0 Å². The summed E-state index contributed by atoms with van der Waals surface area (Å²) in [6, 6.07) is 3.02. The van der Waals surface area contributed by atoms with Crippen LogP contribution in [0.15, 0.2) is 0 Å². The topological polar surface area (TPSA) is 0 Å². The molecule has 2 heteroatoms. The molecule has 0 fully saturated rings. The molecule has 0 heterocycles. The molecular formula is C10H23ClSi. The summed E-state index contributed by atoms with van der Waals surface area (Å²) in [4.78, 5) is 0. The Morgan fingerprint density at radius 3 is 2.58 bits per heavy atom. The van der Waals surface area contributed by atoms with E-state index in [0.29, 0.717) is 0 Å². The van der Waals surface area contributed by atoms with Gasteiger partial charge in [0.15, 0.2) is 0 Å². The summed E-state index contributed by atoms with van der Waals surface area (Å²) in [6.07, 6.45) is 5.46. The Labute approximate surface area is 84.9 Å². The zero-order valence-corrected chi connectivity index (χ0v) is 10.8. The van der Waals surface area contributed by atoms with Gasteiger partial charge >= 0.3 is 0 Å². The first-order valence-corrected chi connectivity index (χ1v) is 7.94. The van der Waals surface area contributed by atoms with Crippen molar-refractivity contribution in [3.63, 3.8) is 0 Å². The van der Waals surface area contributed by atoms with Gasteiger partial charge in [-0.2, -0.15) is 0 Å². The minimum absolute atomic E-state index is 0.237. The van der Waals surface area contributed by atoms with Crippen LogP contribution in [0.4, 0.5) is 0 Å². The molecule has 0 aliphatic heterocycles. The number of hydrogen-bond acceptors (Lipinski definition) is 0. The SMILES string of the molecule is CCCC(CC)C[SiH2]CCCCl. The van der Waals surface area contributed by atoms with Gasteiger partial charge in [-0.25, -0.2) is 0 Å². The molecular weight excluding hydrogens is 184 g/mol. The molecule has 0 N–H and O–H groups in total. The van der Waals surface area contributed by atoms with Gasteiger partial charge in [-0.3, -0.25) is 0 Å². The maximum absolute atomic E-state index is 5.63. The van der Waals surface area contributed by atoms with Gasteiger partial charge in [0.25, 0.3) is 0 Å². The van der Waals surface area contributed by atoms with E-state index in [1.165, 1.54) is 31.7 Å². The van der Waals surface area contributed by atoms with Gasteiger partial charge in [-0.05, 0) is 12.3 Å². The van der Waals surface area contributed by atoms with E-state index in [-0.39, 0.29) is 9.52 Å². The average molecular weight is 207 g/mol. The van der Waals surface area contributed by atoms with Crippen LogP contribution in [0.2, 0.25) is 12.1 Å². The van der Waals surface area contributed by atoms with E-state index in [1.54, 1.807) is 6.04 Å². The van der Waals surface area contributed by atoms with Crippen molar-refractivity contribution in [3.8, 4) is 0 Å². The van der Waals surface area contributed by atoms with Crippen LogP contribution in [0.1, 0.15) is 39.5 Å². The van der Waals surface area contributed by atoms with Crippen molar-refractivity contribution in [2.45, 2.75) is 51.6 Å². The molecule has 1 atom stereocenters. The fourth-order valence-electron chi connectivity index (χ4n) is 1.67. The Morgan fingerprint density at radius 2 is 2.08 bits per heavy atom. The fourth-order valence-corrected chi connectivity index (χ4v) is 4.34.